The van der Waals surface area contributed by atoms with Gasteiger partial charge >= 0.3 is 0 Å². The van der Waals surface area contributed by atoms with Gasteiger partial charge in [0.25, 0.3) is 0 Å². The minimum atomic E-state index is 0.312. The van der Waals surface area contributed by atoms with Crippen molar-refractivity contribution in [2.24, 2.45) is 0 Å². The van der Waals surface area contributed by atoms with Gasteiger partial charge in [-0.05, 0) is 37.4 Å². The molecule has 1 unspecified atom stereocenters. The zero-order chi connectivity index (χ0) is 13.0. The SMILES string of the molecule is CNC(CSc1cccc(Cl)c1)c1ccc(Cl)s1. The van der Waals surface area contributed by atoms with Gasteiger partial charge < -0.3 is 5.32 Å². The van der Waals surface area contributed by atoms with Gasteiger partial charge in [0.2, 0.25) is 0 Å². The lowest BCUT2D eigenvalue weighted by Crippen LogP contribution is -2.17. The van der Waals surface area contributed by atoms with Crippen LogP contribution in [0, 0.1) is 0 Å². The second kappa shape index (κ2) is 6.83. The number of benzene rings is 1. The van der Waals surface area contributed by atoms with Gasteiger partial charge in [0.15, 0.2) is 0 Å². The second-order valence-corrected chi connectivity index (χ2v) is 7.03. The fraction of sp³-hybridized carbons (Fsp3) is 0.231. The standard InChI is InChI=1S/C13H13Cl2NS2/c1-16-11(12-5-6-13(15)18-12)8-17-10-4-2-3-9(14)7-10/h2-7,11,16H,8H2,1H3. The molecule has 0 fully saturated rings. The first kappa shape index (κ1) is 14.2. The predicted octanol–water partition coefficient (Wildman–Crippen LogP) is 5.11. The molecular formula is C13H13Cl2NS2. The number of halogens is 2. The van der Waals surface area contributed by atoms with Gasteiger partial charge in [-0.25, -0.2) is 0 Å². The molecule has 0 saturated heterocycles. The lowest BCUT2D eigenvalue weighted by Gasteiger charge is -2.14. The summed E-state index contributed by atoms with van der Waals surface area (Å²) in [7, 11) is 1.97. The summed E-state index contributed by atoms with van der Waals surface area (Å²) in [5.41, 5.74) is 0. The van der Waals surface area contributed by atoms with E-state index < -0.39 is 0 Å². The summed E-state index contributed by atoms with van der Waals surface area (Å²) >= 11 is 15.3. The molecule has 1 aromatic carbocycles. The summed E-state index contributed by atoms with van der Waals surface area (Å²) in [4.78, 5) is 2.45. The first-order valence-electron chi connectivity index (χ1n) is 5.50. The van der Waals surface area contributed by atoms with E-state index in [0.29, 0.717) is 6.04 Å². The number of hydrogen-bond acceptors (Lipinski definition) is 3. The number of thiophene rings is 1. The van der Waals surface area contributed by atoms with Crippen LogP contribution in [0.2, 0.25) is 9.36 Å². The molecule has 2 rings (SSSR count). The average Bonchev–Trinajstić information content (AvgIpc) is 2.77. The van der Waals surface area contributed by atoms with E-state index in [1.807, 2.05) is 31.3 Å². The van der Waals surface area contributed by atoms with E-state index in [4.69, 9.17) is 23.2 Å². The zero-order valence-corrected chi connectivity index (χ0v) is 13.0. The largest absolute Gasteiger partial charge is 0.312 e. The molecule has 2 aromatic rings. The highest BCUT2D eigenvalue weighted by Crippen LogP contribution is 2.31. The molecule has 1 atom stereocenters. The summed E-state index contributed by atoms with van der Waals surface area (Å²) in [5.74, 6) is 0.952. The fourth-order valence-corrected chi connectivity index (χ4v) is 4.18. The van der Waals surface area contributed by atoms with Crippen LogP contribution in [0.1, 0.15) is 10.9 Å². The van der Waals surface area contributed by atoms with E-state index >= 15 is 0 Å². The van der Waals surface area contributed by atoms with Gasteiger partial charge in [0.1, 0.15) is 0 Å². The third-order valence-electron chi connectivity index (χ3n) is 2.50. The molecule has 5 heteroatoms. The van der Waals surface area contributed by atoms with Crippen LogP contribution in [-0.4, -0.2) is 12.8 Å². The van der Waals surface area contributed by atoms with E-state index in [0.717, 1.165) is 15.1 Å². The van der Waals surface area contributed by atoms with Crippen LogP contribution < -0.4 is 5.32 Å². The summed E-state index contributed by atoms with van der Waals surface area (Å²) in [6.45, 7) is 0. The van der Waals surface area contributed by atoms with Crippen molar-refractivity contribution in [3.05, 3.63) is 50.6 Å². The monoisotopic (exact) mass is 317 g/mol. The number of rotatable bonds is 5. The summed E-state index contributed by atoms with van der Waals surface area (Å²) in [6, 6.07) is 12.3. The molecule has 0 radical (unpaired) electrons. The molecule has 1 nitrogen and oxygen atoms in total. The number of thioether (sulfide) groups is 1. The van der Waals surface area contributed by atoms with Crippen LogP contribution in [0.25, 0.3) is 0 Å². The van der Waals surface area contributed by atoms with Crippen molar-refractivity contribution in [2.75, 3.05) is 12.8 Å². The van der Waals surface area contributed by atoms with E-state index in [2.05, 4.69) is 17.4 Å². The highest BCUT2D eigenvalue weighted by molar-refractivity contribution is 7.99. The van der Waals surface area contributed by atoms with Gasteiger partial charge in [-0.1, -0.05) is 29.3 Å². The predicted molar refractivity (Wildman–Crippen MR) is 83.3 cm³/mol. The molecule has 1 N–H and O–H groups in total. The molecule has 0 spiro atoms. The molecule has 0 bridgehead atoms. The Bertz CT molecular complexity index is 513. The number of nitrogens with one attached hydrogen (secondary N) is 1. The molecular weight excluding hydrogens is 305 g/mol. The Morgan fingerprint density at radius 3 is 2.72 bits per heavy atom. The molecule has 1 heterocycles. The Kier molecular flexibility index (Phi) is 5.39. The van der Waals surface area contributed by atoms with Crippen molar-refractivity contribution in [3.63, 3.8) is 0 Å². The van der Waals surface area contributed by atoms with Crippen molar-refractivity contribution in [1.29, 1.82) is 0 Å². The van der Waals surface area contributed by atoms with Crippen LogP contribution in [0.3, 0.4) is 0 Å². The average molecular weight is 318 g/mol. The molecule has 0 aliphatic heterocycles. The Morgan fingerprint density at radius 1 is 1.28 bits per heavy atom. The van der Waals surface area contributed by atoms with Crippen LogP contribution >= 0.6 is 46.3 Å². The lowest BCUT2D eigenvalue weighted by molar-refractivity contribution is 0.673. The molecule has 18 heavy (non-hydrogen) atoms. The maximum absolute atomic E-state index is 5.97. The summed E-state index contributed by atoms with van der Waals surface area (Å²) < 4.78 is 0.831. The smallest absolute Gasteiger partial charge is 0.0931 e. The van der Waals surface area contributed by atoms with Gasteiger partial charge in [0.05, 0.1) is 10.4 Å². The first-order chi connectivity index (χ1) is 8.69. The van der Waals surface area contributed by atoms with Crippen LogP contribution in [0.15, 0.2) is 41.3 Å². The number of hydrogen-bond donors (Lipinski definition) is 1. The van der Waals surface area contributed by atoms with Crippen molar-refractivity contribution in [3.8, 4) is 0 Å². The molecule has 96 valence electrons. The van der Waals surface area contributed by atoms with Gasteiger partial charge in [-0.15, -0.1) is 23.1 Å². The van der Waals surface area contributed by atoms with Gasteiger partial charge in [0, 0.05) is 20.5 Å². The van der Waals surface area contributed by atoms with E-state index in [1.165, 1.54) is 9.77 Å². The molecule has 0 amide bonds. The molecule has 1 aromatic heterocycles. The topological polar surface area (TPSA) is 12.0 Å². The Morgan fingerprint density at radius 2 is 2.11 bits per heavy atom. The van der Waals surface area contributed by atoms with Crippen LogP contribution in [-0.2, 0) is 0 Å². The highest BCUT2D eigenvalue weighted by Gasteiger charge is 2.12. The van der Waals surface area contributed by atoms with Crippen molar-refractivity contribution >= 4 is 46.3 Å². The van der Waals surface area contributed by atoms with E-state index in [9.17, 15) is 0 Å². The highest BCUT2D eigenvalue weighted by atomic mass is 35.5. The van der Waals surface area contributed by atoms with Crippen molar-refractivity contribution in [1.82, 2.24) is 5.32 Å². The summed E-state index contributed by atoms with van der Waals surface area (Å²) in [5, 5.41) is 4.09. The Labute approximate surface area is 126 Å². The minimum absolute atomic E-state index is 0.312. The van der Waals surface area contributed by atoms with Crippen molar-refractivity contribution < 1.29 is 0 Å². The third-order valence-corrected chi connectivity index (χ3v) is 5.17. The quantitative estimate of drug-likeness (QED) is 0.769. The molecule has 0 aliphatic rings. The normalized spacial score (nSPS) is 12.6. The van der Waals surface area contributed by atoms with E-state index in [1.54, 1.807) is 23.1 Å². The Hall–Kier alpha value is -0.190. The first-order valence-corrected chi connectivity index (χ1v) is 8.05. The summed E-state index contributed by atoms with van der Waals surface area (Å²) in [6.07, 6.45) is 0. The molecule has 0 saturated carbocycles. The van der Waals surface area contributed by atoms with Gasteiger partial charge in [-0.2, -0.15) is 0 Å². The van der Waals surface area contributed by atoms with Gasteiger partial charge in [-0.3, -0.25) is 0 Å². The fourth-order valence-electron chi connectivity index (χ4n) is 1.56. The minimum Gasteiger partial charge on any atom is -0.312 e. The van der Waals surface area contributed by atoms with E-state index in [-0.39, 0.29) is 0 Å². The van der Waals surface area contributed by atoms with Crippen LogP contribution in [0.4, 0.5) is 0 Å². The zero-order valence-electron chi connectivity index (χ0n) is 9.82. The lowest BCUT2D eigenvalue weighted by atomic mass is 10.3. The van der Waals surface area contributed by atoms with Crippen LogP contribution in [0.5, 0.6) is 0 Å². The Balaban J connectivity index is 1.99. The maximum atomic E-state index is 5.97. The second-order valence-electron chi connectivity index (χ2n) is 3.75. The molecule has 0 aliphatic carbocycles. The maximum Gasteiger partial charge on any atom is 0.0931 e. The van der Waals surface area contributed by atoms with Crippen molar-refractivity contribution in [2.45, 2.75) is 10.9 Å². The third kappa shape index (κ3) is 3.90.